The van der Waals surface area contributed by atoms with Crippen LogP contribution >= 0.6 is 0 Å². The lowest BCUT2D eigenvalue weighted by molar-refractivity contribution is 0.417. The number of nitrogens with zero attached hydrogens (tertiary/aromatic N) is 2. The van der Waals surface area contributed by atoms with Crippen LogP contribution in [-0.2, 0) is 0 Å². The second-order valence-electron chi connectivity index (χ2n) is 3.76. The quantitative estimate of drug-likeness (QED) is 0.778. The summed E-state index contributed by atoms with van der Waals surface area (Å²) in [4.78, 5) is 8.52. The average molecular weight is 256 g/mol. The number of hydrogen-bond donors (Lipinski definition) is 2. The molecular formula is C14H16N4O. The SMILES string of the molecule is C=CCNc1ccnc(Nc2ccccc2OC)n1. The van der Waals surface area contributed by atoms with E-state index < -0.39 is 0 Å². The first kappa shape index (κ1) is 12.9. The molecule has 2 N–H and O–H groups in total. The molecule has 0 aliphatic rings. The molecule has 0 amide bonds. The molecule has 0 aliphatic carbocycles. The third-order valence-electron chi connectivity index (χ3n) is 2.44. The summed E-state index contributed by atoms with van der Waals surface area (Å²) in [7, 11) is 1.63. The highest BCUT2D eigenvalue weighted by atomic mass is 16.5. The molecule has 2 rings (SSSR count). The maximum absolute atomic E-state index is 5.27. The van der Waals surface area contributed by atoms with E-state index >= 15 is 0 Å². The molecule has 98 valence electrons. The van der Waals surface area contributed by atoms with E-state index in [9.17, 15) is 0 Å². The predicted octanol–water partition coefficient (Wildman–Crippen LogP) is 2.83. The number of methoxy groups -OCH3 is 1. The molecule has 0 saturated carbocycles. The van der Waals surface area contributed by atoms with Crippen molar-refractivity contribution >= 4 is 17.5 Å². The van der Waals surface area contributed by atoms with Gasteiger partial charge in [-0.25, -0.2) is 4.98 Å². The minimum atomic E-state index is 0.513. The first-order chi connectivity index (χ1) is 9.33. The van der Waals surface area contributed by atoms with Crippen molar-refractivity contribution in [1.82, 2.24) is 9.97 Å². The Morgan fingerprint density at radius 2 is 2.16 bits per heavy atom. The summed E-state index contributed by atoms with van der Waals surface area (Å²) < 4.78 is 5.27. The molecule has 0 aliphatic heterocycles. The Morgan fingerprint density at radius 1 is 1.32 bits per heavy atom. The number of anilines is 3. The van der Waals surface area contributed by atoms with Crippen molar-refractivity contribution in [2.24, 2.45) is 0 Å². The second-order valence-corrected chi connectivity index (χ2v) is 3.76. The number of para-hydroxylation sites is 2. The molecule has 0 unspecified atom stereocenters. The minimum Gasteiger partial charge on any atom is -0.495 e. The number of aromatic nitrogens is 2. The number of ether oxygens (including phenoxy) is 1. The van der Waals surface area contributed by atoms with Crippen LogP contribution in [0.1, 0.15) is 0 Å². The molecule has 0 fully saturated rings. The van der Waals surface area contributed by atoms with Crippen LogP contribution in [0.15, 0.2) is 49.2 Å². The second kappa shape index (κ2) is 6.39. The van der Waals surface area contributed by atoms with Gasteiger partial charge in [0.1, 0.15) is 11.6 Å². The monoisotopic (exact) mass is 256 g/mol. The van der Waals surface area contributed by atoms with Gasteiger partial charge in [0.2, 0.25) is 5.95 Å². The third kappa shape index (κ3) is 3.45. The zero-order chi connectivity index (χ0) is 13.5. The van der Waals surface area contributed by atoms with Gasteiger partial charge in [-0.15, -0.1) is 6.58 Å². The van der Waals surface area contributed by atoms with Gasteiger partial charge < -0.3 is 15.4 Å². The number of nitrogens with one attached hydrogen (secondary N) is 2. The summed E-state index contributed by atoms with van der Waals surface area (Å²) >= 11 is 0. The smallest absolute Gasteiger partial charge is 0.229 e. The average Bonchev–Trinajstić information content (AvgIpc) is 2.46. The highest BCUT2D eigenvalue weighted by Crippen LogP contribution is 2.25. The summed E-state index contributed by atoms with van der Waals surface area (Å²) in [6.07, 6.45) is 3.46. The molecule has 2 aromatic rings. The molecule has 1 aromatic carbocycles. The van der Waals surface area contributed by atoms with Crippen molar-refractivity contribution in [2.45, 2.75) is 0 Å². The Bertz CT molecular complexity index is 557. The Labute approximate surface area is 112 Å². The van der Waals surface area contributed by atoms with Gasteiger partial charge in [0.15, 0.2) is 0 Å². The molecule has 5 heteroatoms. The Morgan fingerprint density at radius 3 is 2.95 bits per heavy atom. The van der Waals surface area contributed by atoms with E-state index in [2.05, 4.69) is 27.2 Å². The van der Waals surface area contributed by atoms with Gasteiger partial charge in [0.25, 0.3) is 0 Å². The molecule has 0 spiro atoms. The third-order valence-corrected chi connectivity index (χ3v) is 2.44. The van der Waals surface area contributed by atoms with Gasteiger partial charge in [-0.05, 0) is 18.2 Å². The Balaban J connectivity index is 2.16. The first-order valence-electron chi connectivity index (χ1n) is 5.91. The van der Waals surface area contributed by atoms with Gasteiger partial charge in [-0.3, -0.25) is 0 Å². The molecule has 0 bridgehead atoms. The lowest BCUT2D eigenvalue weighted by atomic mass is 10.3. The van der Waals surface area contributed by atoms with Crippen LogP contribution in [0, 0.1) is 0 Å². The van der Waals surface area contributed by atoms with Crippen molar-refractivity contribution in [1.29, 1.82) is 0 Å². The van der Waals surface area contributed by atoms with E-state index in [4.69, 9.17) is 4.74 Å². The Kier molecular flexibility index (Phi) is 4.34. The molecule has 1 heterocycles. The molecule has 1 aromatic heterocycles. The Hall–Kier alpha value is -2.56. The summed E-state index contributed by atoms with van der Waals surface area (Å²) in [6, 6.07) is 9.42. The first-order valence-corrected chi connectivity index (χ1v) is 5.91. The molecule has 0 saturated heterocycles. The zero-order valence-corrected chi connectivity index (χ0v) is 10.8. The maximum Gasteiger partial charge on any atom is 0.229 e. The summed E-state index contributed by atoms with van der Waals surface area (Å²) in [5.74, 6) is 2.00. The fraction of sp³-hybridized carbons (Fsp3) is 0.143. The maximum atomic E-state index is 5.27. The van der Waals surface area contributed by atoms with Gasteiger partial charge >= 0.3 is 0 Å². The number of hydrogen-bond acceptors (Lipinski definition) is 5. The van der Waals surface area contributed by atoms with Crippen LogP contribution in [0.4, 0.5) is 17.5 Å². The van der Waals surface area contributed by atoms with E-state index in [1.165, 1.54) is 0 Å². The normalized spacial score (nSPS) is 9.74. The highest BCUT2D eigenvalue weighted by molar-refractivity contribution is 5.62. The van der Waals surface area contributed by atoms with Crippen molar-refractivity contribution in [3.05, 3.63) is 49.2 Å². The molecule has 0 radical (unpaired) electrons. The van der Waals surface area contributed by atoms with Crippen molar-refractivity contribution in [3.8, 4) is 5.75 Å². The number of benzene rings is 1. The van der Waals surface area contributed by atoms with E-state index in [1.54, 1.807) is 25.4 Å². The van der Waals surface area contributed by atoms with Crippen LogP contribution in [0.2, 0.25) is 0 Å². The molecule has 5 nitrogen and oxygen atoms in total. The van der Waals surface area contributed by atoms with E-state index in [0.717, 1.165) is 17.3 Å². The van der Waals surface area contributed by atoms with Crippen LogP contribution < -0.4 is 15.4 Å². The molecule has 19 heavy (non-hydrogen) atoms. The predicted molar refractivity (Wildman–Crippen MR) is 77.0 cm³/mol. The van der Waals surface area contributed by atoms with Crippen LogP contribution in [0.3, 0.4) is 0 Å². The van der Waals surface area contributed by atoms with Gasteiger partial charge in [-0.1, -0.05) is 18.2 Å². The van der Waals surface area contributed by atoms with Crippen LogP contribution in [0.25, 0.3) is 0 Å². The topological polar surface area (TPSA) is 59.1 Å². The van der Waals surface area contributed by atoms with Crippen LogP contribution in [0.5, 0.6) is 5.75 Å². The highest BCUT2D eigenvalue weighted by Gasteiger charge is 2.04. The molecular weight excluding hydrogens is 240 g/mol. The fourth-order valence-corrected chi connectivity index (χ4v) is 1.56. The minimum absolute atomic E-state index is 0.513. The van der Waals surface area contributed by atoms with Gasteiger partial charge in [0.05, 0.1) is 12.8 Å². The summed E-state index contributed by atoms with van der Waals surface area (Å²) in [6.45, 7) is 4.31. The van der Waals surface area contributed by atoms with Crippen molar-refractivity contribution in [2.75, 3.05) is 24.3 Å². The van der Waals surface area contributed by atoms with Gasteiger partial charge in [-0.2, -0.15) is 4.98 Å². The van der Waals surface area contributed by atoms with E-state index in [-0.39, 0.29) is 0 Å². The molecule has 0 atom stereocenters. The standard InChI is InChI=1S/C14H16N4O/c1-3-9-15-13-8-10-16-14(18-13)17-11-6-4-5-7-12(11)19-2/h3-8,10H,1,9H2,2H3,(H2,15,16,17,18). The van der Waals surface area contributed by atoms with Crippen molar-refractivity contribution in [3.63, 3.8) is 0 Å². The van der Waals surface area contributed by atoms with Crippen molar-refractivity contribution < 1.29 is 4.74 Å². The lowest BCUT2D eigenvalue weighted by Crippen LogP contribution is -2.04. The largest absolute Gasteiger partial charge is 0.495 e. The van der Waals surface area contributed by atoms with E-state index in [0.29, 0.717) is 12.5 Å². The summed E-state index contributed by atoms with van der Waals surface area (Å²) in [5, 5.41) is 6.24. The fourth-order valence-electron chi connectivity index (χ4n) is 1.56. The summed E-state index contributed by atoms with van der Waals surface area (Å²) in [5.41, 5.74) is 0.825. The zero-order valence-electron chi connectivity index (χ0n) is 10.8. The lowest BCUT2D eigenvalue weighted by Gasteiger charge is -2.10. The number of rotatable bonds is 6. The van der Waals surface area contributed by atoms with E-state index in [1.807, 2.05) is 24.3 Å². The van der Waals surface area contributed by atoms with Gasteiger partial charge in [0, 0.05) is 12.7 Å². The van der Waals surface area contributed by atoms with Crippen LogP contribution in [-0.4, -0.2) is 23.6 Å².